The molecule has 1 aromatic carbocycles. The number of amides is 1. The third-order valence-electron chi connectivity index (χ3n) is 2.91. The van der Waals surface area contributed by atoms with E-state index in [1.807, 2.05) is 6.07 Å². The Morgan fingerprint density at radius 2 is 2.14 bits per heavy atom. The quantitative estimate of drug-likeness (QED) is 0.657. The van der Waals surface area contributed by atoms with Crippen LogP contribution in [0.25, 0.3) is 0 Å². The third kappa shape index (κ3) is 4.66. The fourth-order valence-corrected chi connectivity index (χ4v) is 2.48. The van der Waals surface area contributed by atoms with Gasteiger partial charge in [-0.15, -0.1) is 11.8 Å². The maximum atomic E-state index is 13.8. The normalized spacial score (nSPS) is 10.3. The van der Waals surface area contributed by atoms with Crippen molar-refractivity contribution in [3.63, 3.8) is 0 Å². The smallest absolute Gasteiger partial charge is 0.230 e. The van der Waals surface area contributed by atoms with Crippen molar-refractivity contribution in [2.45, 2.75) is 18.4 Å². The van der Waals surface area contributed by atoms with Gasteiger partial charge in [-0.3, -0.25) is 14.6 Å². The number of pyridine rings is 1. The molecule has 0 aliphatic carbocycles. The number of hydrogen-bond donors (Lipinski definition) is 1. The lowest BCUT2D eigenvalue weighted by atomic mass is 10.1. The molecule has 114 valence electrons. The van der Waals surface area contributed by atoms with E-state index in [1.165, 1.54) is 19.1 Å². The summed E-state index contributed by atoms with van der Waals surface area (Å²) in [5, 5.41) is 2.74. The molecule has 0 atom stereocenters. The van der Waals surface area contributed by atoms with Crippen molar-refractivity contribution in [1.82, 2.24) is 10.3 Å². The summed E-state index contributed by atoms with van der Waals surface area (Å²) in [6, 6.07) is 7.92. The number of nitrogens with zero attached hydrogens (tertiary/aromatic N) is 1. The fourth-order valence-electron chi connectivity index (χ4n) is 1.73. The Kier molecular flexibility index (Phi) is 5.66. The Bertz CT molecular complexity index is 677. The zero-order valence-corrected chi connectivity index (χ0v) is 12.8. The standard InChI is InChI=1S/C16H15FN2O2S/c1-11(20)13-4-5-15(14(17)7-13)22-10-16(21)19-9-12-3-2-6-18-8-12/h2-8H,9-10H2,1H3,(H,19,21). The van der Waals surface area contributed by atoms with Crippen LogP contribution in [0, 0.1) is 5.82 Å². The van der Waals surface area contributed by atoms with Crippen molar-refractivity contribution >= 4 is 23.5 Å². The third-order valence-corrected chi connectivity index (χ3v) is 3.96. The molecule has 4 nitrogen and oxygen atoms in total. The number of aromatic nitrogens is 1. The van der Waals surface area contributed by atoms with Crippen LogP contribution in [0.1, 0.15) is 22.8 Å². The van der Waals surface area contributed by atoms with Crippen LogP contribution in [0.4, 0.5) is 4.39 Å². The van der Waals surface area contributed by atoms with E-state index in [1.54, 1.807) is 24.5 Å². The summed E-state index contributed by atoms with van der Waals surface area (Å²) in [6.45, 7) is 1.77. The lowest BCUT2D eigenvalue weighted by molar-refractivity contribution is -0.118. The molecular weight excluding hydrogens is 303 g/mol. The largest absolute Gasteiger partial charge is 0.351 e. The van der Waals surface area contributed by atoms with Gasteiger partial charge in [0.1, 0.15) is 5.82 Å². The van der Waals surface area contributed by atoms with Gasteiger partial charge in [0, 0.05) is 29.4 Å². The molecule has 0 bridgehead atoms. The molecule has 1 N–H and O–H groups in total. The summed E-state index contributed by atoms with van der Waals surface area (Å²) >= 11 is 1.10. The molecule has 2 rings (SSSR count). The zero-order valence-electron chi connectivity index (χ0n) is 12.0. The van der Waals surface area contributed by atoms with Gasteiger partial charge in [0.25, 0.3) is 0 Å². The van der Waals surface area contributed by atoms with Crippen LogP contribution in [0.15, 0.2) is 47.6 Å². The first-order valence-electron chi connectivity index (χ1n) is 6.65. The number of halogens is 1. The lowest BCUT2D eigenvalue weighted by Gasteiger charge is -2.06. The van der Waals surface area contributed by atoms with Crippen molar-refractivity contribution in [2.75, 3.05) is 5.75 Å². The predicted octanol–water partition coefficient (Wildman–Crippen LogP) is 2.83. The summed E-state index contributed by atoms with van der Waals surface area (Å²) in [6.07, 6.45) is 3.34. The van der Waals surface area contributed by atoms with Crippen LogP contribution in [-0.2, 0) is 11.3 Å². The van der Waals surface area contributed by atoms with E-state index in [0.29, 0.717) is 17.0 Å². The maximum Gasteiger partial charge on any atom is 0.230 e. The van der Waals surface area contributed by atoms with Crippen LogP contribution in [-0.4, -0.2) is 22.4 Å². The molecule has 1 aromatic heterocycles. The Morgan fingerprint density at radius 1 is 1.32 bits per heavy atom. The number of Topliss-reactive ketones (excluding diaryl/α,β-unsaturated/α-hetero) is 1. The molecule has 22 heavy (non-hydrogen) atoms. The van der Waals surface area contributed by atoms with Gasteiger partial charge in [-0.05, 0) is 30.7 Å². The van der Waals surface area contributed by atoms with Crippen molar-refractivity contribution in [3.8, 4) is 0 Å². The second kappa shape index (κ2) is 7.70. The summed E-state index contributed by atoms with van der Waals surface area (Å²) in [7, 11) is 0. The van der Waals surface area contributed by atoms with Crippen molar-refractivity contribution in [1.29, 1.82) is 0 Å². The first-order chi connectivity index (χ1) is 10.6. The molecule has 1 heterocycles. The highest BCUT2D eigenvalue weighted by molar-refractivity contribution is 8.00. The molecular formula is C16H15FN2O2S. The SMILES string of the molecule is CC(=O)c1ccc(SCC(=O)NCc2cccnc2)c(F)c1. The van der Waals surface area contributed by atoms with Gasteiger partial charge in [0.15, 0.2) is 5.78 Å². The Hall–Kier alpha value is -2.21. The first-order valence-corrected chi connectivity index (χ1v) is 7.63. The van der Waals surface area contributed by atoms with Crippen LogP contribution in [0.2, 0.25) is 0 Å². The van der Waals surface area contributed by atoms with E-state index in [-0.39, 0.29) is 17.4 Å². The van der Waals surface area contributed by atoms with Gasteiger partial charge < -0.3 is 5.32 Å². The zero-order chi connectivity index (χ0) is 15.9. The van der Waals surface area contributed by atoms with E-state index in [0.717, 1.165) is 17.3 Å². The summed E-state index contributed by atoms with van der Waals surface area (Å²) < 4.78 is 13.8. The molecule has 2 aromatic rings. The highest BCUT2D eigenvalue weighted by atomic mass is 32.2. The second-order valence-corrected chi connectivity index (χ2v) is 5.65. The average Bonchev–Trinajstić information content (AvgIpc) is 2.52. The van der Waals surface area contributed by atoms with Gasteiger partial charge in [-0.2, -0.15) is 0 Å². The minimum atomic E-state index is -0.488. The summed E-state index contributed by atoms with van der Waals surface area (Å²) in [4.78, 5) is 27.2. The number of thioether (sulfide) groups is 1. The Labute approximate surface area is 132 Å². The van der Waals surface area contributed by atoms with Gasteiger partial charge in [-0.25, -0.2) is 4.39 Å². The van der Waals surface area contributed by atoms with Crippen LogP contribution in [0.5, 0.6) is 0 Å². The van der Waals surface area contributed by atoms with Crippen molar-refractivity contribution in [2.24, 2.45) is 0 Å². The average molecular weight is 318 g/mol. The molecule has 0 radical (unpaired) electrons. The fraction of sp³-hybridized carbons (Fsp3) is 0.188. The van der Waals surface area contributed by atoms with Crippen molar-refractivity contribution in [3.05, 3.63) is 59.7 Å². The van der Waals surface area contributed by atoms with Gasteiger partial charge in [0.05, 0.1) is 5.75 Å². The molecule has 0 aliphatic heterocycles. The molecule has 6 heteroatoms. The molecule has 0 saturated heterocycles. The summed E-state index contributed by atoms with van der Waals surface area (Å²) in [5.74, 6) is -0.761. The van der Waals surface area contributed by atoms with E-state index in [4.69, 9.17) is 0 Å². The van der Waals surface area contributed by atoms with E-state index in [9.17, 15) is 14.0 Å². The number of benzene rings is 1. The lowest BCUT2D eigenvalue weighted by Crippen LogP contribution is -2.24. The minimum absolute atomic E-state index is 0.108. The molecule has 0 unspecified atom stereocenters. The predicted molar refractivity (Wildman–Crippen MR) is 83.2 cm³/mol. The van der Waals surface area contributed by atoms with E-state index < -0.39 is 5.82 Å². The van der Waals surface area contributed by atoms with Gasteiger partial charge in [0.2, 0.25) is 5.91 Å². The number of hydrogen-bond acceptors (Lipinski definition) is 4. The molecule has 0 spiro atoms. The molecule has 1 amide bonds. The number of rotatable bonds is 6. The van der Waals surface area contributed by atoms with Crippen LogP contribution in [0.3, 0.4) is 0 Å². The topological polar surface area (TPSA) is 59.1 Å². The molecule has 0 aliphatic rings. The van der Waals surface area contributed by atoms with Crippen LogP contribution < -0.4 is 5.32 Å². The highest BCUT2D eigenvalue weighted by Gasteiger charge is 2.09. The van der Waals surface area contributed by atoms with Crippen LogP contribution >= 0.6 is 11.8 Å². The van der Waals surface area contributed by atoms with E-state index >= 15 is 0 Å². The Morgan fingerprint density at radius 3 is 2.77 bits per heavy atom. The minimum Gasteiger partial charge on any atom is -0.351 e. The molecule has 0 fully saturated rings. The highest BCUT2D eigenvalue weighted by Crippen LogP contribution is 2.22. The van der Waals surface area contributed by atoms with Gasteiger partial charge in [-0.1, -0.05) is 12.1 Å². The summed E-state index contributed by atoms with van der Waals surface area (Å²) in [5.41, 5.74) is 1.22. The second-order valence-electron chi connectivity index (χ2n) is 4.63. The molecule has 0 saturated carbocycles. The van der Waals surface area contributed by atoms with Crippen molar-refractivity contribution < 1.29 is 14.0 Å². The maximum absolute atomic E-state index is 13.8. The number of nitrogens with one attached hydrogen (secondary N) is 1. The number of carbonyl (C=O) groups excluding carboxylic acids is 2. The number of carbonyl (C=O) groups is 2. The van der Waals surface area contributed by atoms with Gasteiger partial charge >= 0.3 is 0 Å². The monoisotopic (exact) mass is 318 g/mol. The number of ketones is 1. The first kappa shape index (κ1) is 16.2. The Balaban J connectivity index is 1.85. The van der Waals surface area contributed by atoms with E-state index in [2.05, 4.69) is 10.3 Å².